The predicted molar refractivity (Wildman–Crippen MR) is 66.3 cm³/mol. The highest BCUT2D eigenvalue weighted by molar-refractivity contribution is 7.81. The summed E-state index contributed by atoms with van der Waals surface area (Å²) in [4.78, 5) is 15.1. The Bertz CT molecular complexity index is 330. The van der Waals surface area contributed by atoms with Crippen molar-refractivity contribution >= 4 is 29.9 Å². The lowest BCUT2D eigenvalue weighted by Gasteiger charge is -2.23. The highest BCUT2D eigenvalue weighted by atomic mass is 32.1. The molecule has 1 saturated carbocycles. The normalized spacial score (nSPS) is 17.5. The number of hydrogen-bond acceptors (Lipinski definition) is 3. The molecule has 1 amide bonds. The van der Waals surface area contributed by atoms with Crippen LogP contribution in [-0.2, 0) is 11.3 Å². The van der Waals surface area contributed by atoms with Crippen molar-refractivity contribution in [3.63, 3.8) is 0 Å². The number of carbonyl (C=O) groups is 1. The topological polar surface area (TPSA) is 20.3 Å². The Hall–Kier alpha value is -0.480. The summed E-state index contributed by atoms with van der Waals surface area (Å²) in [6.07, 6.45) is 2.30. The molecule has 4 heteroatoms. The number of carbonyl (C=O) groups excluding carboxylic acids is 1. The van der Waals surface area contributed by atoms with Crippen LogP contribution in [0, 0.1) is 0 Å². The fourth-order valence-electron chi connectivity index (χ4n) is 1.58. The molecule has 0 spiro atoms. The maximum atomic E-state index is 11.9. The van der Waals surface area contributed by atoms with Gasteiger partial charge in [0.1, 0.15) is 0 Å². The van der Waals surface area contributed by atoms with Gasteiger partial charge >= 0.3 is 0 Å². The minimum Gasteiger partial charge on any atom is -0.334 e. The predicted octanol–water partition coefficient (Wildman–Crippen LogP) is 2.56. The Kier molecular flexibility index (Phi) is 3.36. The molecule has 15 heavy (non-hydrogen) atoms. The van der Waals surface area contributed by atoms with Gasteiger partial charge in [0, 0.05) is 10.9 Å². The standard InChI is InChI=1S/C11H15NOS2/c1-8(14)11(13)12(9-4-5-9)7-10-3-2-6-15-10/h2-3,6,8-9,14H,4-5,7H2,1H3. The van der Waals surface area contributed by atoms with Gasteiger partial charge in [-0.05, 0) is 31.2 Å². The third-order valence-corrected chi connectivity index (χ3v) is 3.62. The third-order valence-electron chi connectivity index (χ3n) is 2.53. The molecule has 0 N–H and O–H groups in total. The Labute approximate surface area is 99.7 Å². The smallest absolute Gasteiger partial charge is 0.235 e. The average Bonchev–Trinajstić information content (AvgIpc) is 2.92. The van der Waals surface area contributed by atoms with Crippen LogP contribution in [0.2, 0.25) is 0 Å². The summed E-state index contributed by atoms with van der Waals surface area (Å²) in [5.74, 6) is 0.161. The van der Waals surface area contributed by atoms with Crippen molar-refractivity contribution in [1.82, 2.24) is 4.90 Å². The van der Waals surface area contributed by atoms with Crippen LogP contribution in [0.3, 0.4) is 0 Å². The first-order chi connectivity index (χ1) is 7.18. The summed E-state index contributed by atoms with van der Waals surface area (Å²) >= 11 is 5.92. The first kappa shape index (κ1) is 11.0. The molecule has 82 valence electrons. The van der Waals surface area contributed by atoms with Crippen molar-refractivity contribution < 1.29 is 4.79 Å². The fourth-order valence-corrected chi connectivity index (χ4v) is 2.43. The Balaban J connectivity index is 2.03. The molecule has 0 bridgehead atoms. The molecule has 1 heterocycles. The van der Waals surface area contributed by atoms with Crippen LogP contribution in [0.1, 0.15) is 24.6 Å². The van der Waals surface area contributed by atoms with Crippen LogP contribution in [0.15, 0.2) is 17.5 Å². The molecule has 1 fully saturated rings. The minimum absolute atomic E-state index is 0.161. The summed E-state index contributed by atoms with van der Waals surface area (Å²) in [5, 5.41) is 1.86. The van der Waals surface area contributed by atoms with Crippen LogP contribution in [0.25, 0.3) is 0 Å². The number of nitrogens with zero attached hydrogens (tertiary/aromatic N) is 1. The summed E-state index contributed by atoms with van der Waals surface area (Å²) in [6.45, 7) is 2.60. The Morgan fingerprint density at radius 3 is 2.93 bits per heavy atom. The first-order valence-electron chi connectivity index (χ1n) is 5.19. The number of rotatable bonds is 4. The lowest BCUT2D eigenvalue weighted by atomic mass is 10.3. The zero-order valence-corrected chi connectivity index (χ0v) is 10.4. The lowest BCUT2D eigenvalue weighted by Crippen LogP contribution is -2.36. The molecule has 1 aliphatic rings. The van der Waals surface area contributed by atoms with Gasteiger partial charge in [0.15, 0.2) is 0 Å². The number of thiol groups is 1. The lowest BCUT2D eigenvalue weighted by molar-refractivity contribution is -0.131. The molecule has 1 aromatic heterocycles. The molecule has 2 nitrogen and oxygen atoms in total. The Morgan fingerprint density at radius 2 is 2.47 bits per heavy atom. The first-order valence-corrected chi connectivity index (χ1v) is 6.59. The van der Waals surface area contributed by atoms with Crippen molar-refractivity contribution in [3.05, 3.63) is 22.4 Å². The molecule has 0 saturated heterocycles. The molecule has 1 aliphatic carbocycles. The van der Waals surface area contributed by atoms with Gasteiger partial charge in [0.05, 0.1) is 11.8 Å². The van der Waals surface area contributed by atoms with Crippen LogP contribution < -0.4 is 0 Å². The summed E-state index contributed by atoms with van der Waals surface area (Å²) < 4.78 is 0. The fraction of sp³-hybridized carbons (Fsp3) is 0.545. The van der Waals surface area contributed by atoms with E-state index in [-0.39, 0.29) is 11.2 Å². The molecule has 1 atom stereocenters. The largest absolute Gasteiger partial charge is 0.334 e. The summed E-state index contributed by atoms with van der Waals surface area (Å²) in [6, 6.07) is 4.57. The molecule has 0 aliphatic heterocycles. The molecule has 0 aromatic carbocycles. The van der Waals surface area contributed by atoms with E-state index in [0.717, 1.165) is 19.4 Å². The van der Waals surface area contributed by atoms with Crippen molar-refractivity contribution in [2.24, 2.45) is 0 Å². The summed E-state index contributed by atoms with van der Waals surface area (Å²) in [7, 11) is 0. The monoisotopic (exact) mass is 241 g/mol. The molecular formula is C11H15NOS2. The maximum Gasteiger partial charge on any atom is 0.235 e. The highest BCUT2D eigenvalue weighted by Crippen LogP contribution is 2.30. The highest BCUT2D eigenvalue weighted by Gasteiger charge is 2.33. The van der Waals surface area contributed by atoms with Crippen molar-refractivity contribution in [2.45, 2.75) is 37.6 Å². The van der Waals surface area contributed by atoms with E-state index in [1.54, 1.807) is 11.3 Å². The van der Waals surface area contributed by atoms with E-state index in [0.29, 0.717) is 6.04 Å². The van der Waals surface area contributed by atoms with Crippen molar-refractivity contribution in [2.75, 3.05) is 0 Å². The zero-order valence-electron chi connectivity index (χ0n) is 8.72. The van der Waals surface area contributed by atoms with E-state index in [2.05, 4.69) is 24.1 Å². The van der Waals surface area contributed by atoms with Crippen LogP contribution >= 0.6 is 24.0 Å². The summed E-state index contributed by atoms with van der Waals surface area (Å²) in [5.41, 5.74) is 0. The second-order valence-electron chi connectivity index (χ2n) is 3.95. The minimum atomic E-state index is -0.189. The zero-order chi connectivity index (χ0) is 10.8. The van der Waals surface area contributed by atoms with E-state index in [1.165, 1.54) is 4.88 Å². The van der Waals surface area contributed by atoms with Gasteiger partial charge in [-0.15, -0.1) is 11.3 Å². The number of thiophene rings is 1. The molecular weight excluding hydrogens is 226 g/mol. The number of amides is 1. The number of hydrogen-bond donors (Lipinski definition) is 1. The van der Waals surface area contributed by atoms with Gasteiger partial charge in [-0.3, -0.25) is 4.79 Å². The van der Waals surface area contributed by atoms with Crippen molar-refractivity contribution in [3.8, 4) is 0 Å². The van der Waals surface area contributed by atoms with Gasteiger partial charge in [-0.2, -0.15) is 12.6 Å². The van der Waals surface area contributed by atoms with E-state index >= 15 is 0 Å². The second-order valence-corrected chi connectivity index (χ2v) is 5.76. The second kappa shape index (κ2) is 4.58. The Morgan fingerprint density at radius 1 is 1.73 bits per heavy atom. The third kappa shape index (κ3) is 2.75. The van der Waals surface area contributed by atoms with Gasteiger partial charge < -0.3 is 4.90 Å². The van der Waals surface area contributed by atoms with Crippen molar-refractivity contribution in [1.29, 1.82) is 0 Å². The van der Waals surface area contributed by atoms with Gasteiger partial charge in [-0.25, -0.2) is 0 Å². The van der Waals surface area contributed by atoms with E-state index in [9.17, 15) is 4.79 Å². The SMILES string of the molecule is CC(S)C(=O)N(Cc1cccs1)C1CC1. The van der Waals surface area contributed by atoms with E-state index < -0.39 is 0 Å². The van der Waals surface area contributed by atoms with E-state index in [4.69, 9.17) is 0 Å². The van der Waals surface area contributed by atoms with Crippen LogP contribution in [0.4, 0.5) is 0 Å². The van der Waals surface area contributed by atoms with Gasteiger partial charge in [0.2, 0.25) is 5.91 Å². The van der Waals surface area contributed by atoms with Crippen LogP contribution in [-0.4, -0.2) is 22.1 Å². The van der Waals surface area contributed by atoms with Gasteiger partial charge in [-0.1, -0.05) is 6.07 Å². The van der Waals surface area contributed by atoms with Crippen LogP contribution in [0.5, 0.6) is 0 Å². The average molecular weight is 241 g/mol. The van der Waals surface area contributed by atoms with Gasteiger partial charge in [0.25, 0.3) is 0 Å². The molecule has 0 radical (unpaired) electrons. The molecule has 1 unspecified atom stereocenters. The maximum absolute atomic E-state index is 11.9. The molecule has 1 aromatic rings. The van der Waals surface area contributed by atoms with E-state index in [1.807, 2.05) is 17.9 Å². The quantitative estimate of drug-likeness (QED) is 0.803. The molecule has 2 rings (SSSR count).